The number of carboxylic acid groups (broad SMARTS) is 2. The fourth-order valence-electron chi connectivity index (χ4n) is 1.62. The number of hydrogen-bond donors (Lipinski definition) is 2. The molecule has 0 saturated carbocycles. The Kier molecular flexibility index (Phi) is 20.8. The van der Waals surface area contributed by atoms with Crippen molar-refractivity contribution in [2.75, 3.05) is 0 Å². The molecule has 1 atom stereocenters. The van der Waals surface area contributed by atoms with Crippen LogP contribution in [0, 0.1) is 11.8 Å². The summed E-state index contributed by atoms with van der Waals surface area (Å²) in [6.45, 7) is 4.04. The maximum absolute atomic E-state index is 10.7. The zero-order valence-corrected chi connectivity index (χ0v) is 17.6. The molecule has 0 spiro atoms. The molecule has 0 amide bonds. The summed E-state index contributed by atoms with van der Waals surface area (Å²) in [6, 6.07) is 0. The molecule has 0 aromatic rings. The van der Waals surface area contributed by atoms with E-state index in [0.29, 0.717) is 0 Å². The summed E-state index contributed by atoms with van der Waals surface area (Å²) in [5, 5.41) is 17.5. The Morgan fingerprint density at radius 3 is 1.88 bits per heavy atom. The van der Waals surface area contributed by atoms with Gasteiger partial charge < -0.3 is 13.1 Å². The van der Waals surface area contributed by atoms with E-state index < -0.39 is 17.9 Å². The molecule has 0 bridgehead atoms. The molecule has 0 fully saturated rings. The molecular formula is C11H22K2O4. The summed E-state index contributed by atoms with van der Waals surface area (Å²) in [6.07, 6.45) is 4.11. The normalized spacial score (nSPS) is 11.2. The Labute approximate surface area is 191 Å². The van der Waals surface area contributed by atoms with Gasteiger partial charge in [0.05, 0.1) is 0 Å². The van der Waals surface area contributed by atoms with Gasteiger partial charge >= 0.3 is 115 Å². The predicted octanol–water partition coefficient (Wildman–Crippen LogP) is -3.39. The molecule has 0 aliphatic carbocycles. The quantitative estimate of drug-likeness (QED) is 0.362. The van der Waals surface area contributed by atoms with Crippen LogP contribution in [0.3, 0.4) is 0 Å². The van der Waals surface area contributed by atoms with Gasteiger partial charge in [-0.25, -0.2) is 0 Å². The average molecular weight is 296 g/mol. The number of rotatable bonds is 8. The molecular weight excluding hydrogens is 274 g/mol. The van der Waals surface area contributed by atoms with Gasteiger partial charge in [-0.05, 0) is 12.3 Å². The van der Waals surface area contributed by atoms with E-state index in [9.17, 15) is 9.59 Å². The first-order valence-electron chi connectivity index (χ1n) is 5.48. The zero-order valence-electron chi connectivity index (χ0n) is 13.4. The summed E-state index contributed by atoms with van der Waals surface area (Å²) in [4.78, 5) is 21.4. The van der Waals surface area contributed by atoms with E-state index in [0.717, 1.165) is 25.7 Å². The van der Waals surface area contributed by atoms with Crippen molar-refractivity contribution in [2.24, 2.45) is 11.8 Å². The molecule has 0 aliphatic heterocycles. The van der Waals surface area contributed by atoms with Crippen LogP contribution in [0.1, 0.15) is 48.8 Å². The van der Waals surface area contributed by atoms with E-state index in [4.69, 9.17) is 10.2 Å². The summed E-state index contributed by atoms with van der Waals surface area (Å²) in [5.74, 6) is -3.48. The van der Waals surface area contributed by atoms with Crippen molar-refractivity contribution in [3.63, 3.8) is 0 Å². The number of hydrogen-bond acceptors (Lipinski definition) is 2. The van der Waals surface area contributed by atoms with Gasteiger partial charge in [0.2, 0.25) is 0 Å². The van der Waals surface area contributed by atoms with Crippen LogP contribution in [0.25, 0.3) is 0 Å². The maximum atomic E-state index is 10.7. The van der Waals surface area contributed by atoms with Crippen molar-refractivity contribution in [3.8, 4) is 0 Å². The fraction of sp³-hybridized carbons (Fsp3) is 0.818. The largest absolute Gasteiger partial charge is 1.00 e. The van der Waals surface area contributed by atoms with Crippen LogP contribution in [0.2, 0.25) is 0 Å². The number of unbranched alkanes of at least 4 members (excludes halogenated alkanes) is 1. The van der Waals surface area contributed by atoms with E-state index in [2.05, 4.69) is 6.92 Å². The minimum absolute atomic E-state index is 0. The second-order valence-corrected chi connectivity index (χ2v) is 3.88. The Morgan fingerprint density at radius 2 is 1.59 bits per heavy atom. The minimum Gasteiger partial charge on any atom is -1.00 e. The van der Waals surface area contributed by atoms with Crippen molar-refractivity contribution >= 4 is 11.9 Å². The van der Waals surface area contributed by atoms with Gasteiger partial charge in [-0.1, -0.05) is 39.5 Å². The van der Waals surface area contributed by atoms with E-state index in [1.807, 2.05) is 6.92 Å². The topological polar surface area (TPSA) is 74.6 Å². The molecule has 17 heavy (non-hydrogen) atoms. The maximum Gasteiger partial charge on any atom is 1.00 e. The minimum atomic E-state index is -1.24. The molecule has 0 radical (unpaired) electrons. The second-order valence-electron chi connectivity index (χ2n) is 3.88. The Balaban J connectivity index is -0.000000163. The van der Waals surface area contributed by atoms with Crippen molar-refractivity contribution in [3.05, 3.63) is 0 Å². The fourth-order valence-corrected chi connectivity index (χ4v) is 1.62. The van der Waals surface area contributed by atoms with Gasteiger partial charge in [-0.2, -0.15) is 0 Å². The van der Waals surface area contributed by atoms with Gasteiger partial charge in [0.15, 0.2) is 5.92 Å². The van der Waals surface area contributed by atoms with Crippen molar-refractivity contribution < 1.29 is 125 Å². The number of aliphatic carboxylic acids is 2. The van der Waals surface area contributed by atoms with Crippen molar-refractivity contribution in [2.45, 2.75) is 46.0 Å². The first kappa shape index (κ1) is 24.2. The predicted molar refractivity (Wildman–Crippen MR) is 58.9 cm³/mol. The second kappa shape index (κ2) is 14.6. The molecule has 92 valence electrons. The Bertz CT molecular complexity index is 217. The Hall–Kier alpha value is 2.21. The summed E-state index contributed by atoms with van der Waals surface area (Å²) >= 11 is 0. The van der Waals surface area contributed by atoms with Gasteiger partial charge in [-0.15, -0.1) is 0 Å². The van der Waals surface area contributed by atoms with Gasteiger partial charge in [0.25, 0.3) is 0 Å². The van der Waals surface area contributed by atoms with Crippen LogP contribution in [0.4, 0.5) is 0 Å². The molecule has 1 unspecified atom stereocenters. The van der Waals surface area contributed by atoms with Gasteiger partial charge in [0, 0.05) is 0 Å². The summed E-state index contributed by atoms with van der Waals surface area (Å²) in [5.41, 5.74) is 0. The molecule has 0 heterocycles. The standard InChI is InChI=1S/C11H20O4.2K.2H/c1-3-5-6-8(4-2)7-9(10(12)13)11(14)15;;;;/h8-9H,3-7H2,1-2H3,(H,12,13)(H,14,15);;;;/q;2*+1;2*-1. The third-order valence-electron chi connectivity index (χ3n) is 2.71. The van der Waals surface area contributed by atoms with E-state index in [1.54, 1.807) is 0 Å². The molecule has 0 aliphatic rings. The third kappa shape index (κ3) is 11.7. The molecule has 2 N–H and O–H groups in total. The smallest absolute Gasteiger partial charge is 1.00 e. The number of carboxylic acids is 2. The van der Waals surface area contributed by atoms with Crippen molar-refractivity contribution in [1.82, 2.24) is 0 Å². The van der Waals surface area contributed by atoms with Crippen LogP contribution in [0.15, 0.2) is 0 Å². The van der Waals surface area contributed by atoms with Crippen LogP contribution in [-0.2, 0) is 9.59 Å². The van der Waals surface area contributed by atoms with Crippen LogP contribution in [0.5, 0.6) is 0 Å². The first-order valence-corrected chi connectivity index (χ1v) is 5.48. The zero-order chi connectivity index (χ0) is 11.8. The van der Waals surface area contributed by atoms with Gasteiger partial charge in [-0.3, -0.25) is 9.59 Å². The average Bonchev–Trinajstić information content (AvgIpc) is 2.17. The van der Waals surface area contributed by atoms with E-state index in [1.165, 1.54) is 0 Å². The Morgan fingerprint density at radius 1 is 1.12 bits per heavy atom. The summed E-state index contributed by atoms with van der Waals surface area (Å²) < 4.78 is 0. The molecule has 0 saturated heterocycles. The van der Waals surface area contributed by atoms with Gasteiger partial charge in [0.1, 0.15) is 0 Å². The first-order chi connectivity index (χ1) is 7.02. The van der Waals surface area contributed by atoms with Crippen LogP contribution in [-0.4, -0.2) is 22.2 Å². The van der Waals surface area contributed by atoms with Crippen LogP contribution < -0.4 is 103 Å². The SMILES string of the molecule is CCCCC(CC)CC(C(=O)O)C(=O)O.[H-].[H-].[K+].[K+]. The monoisotopic (exact) mass is 296 g/mol. The van der Waals surface area contributed by atoms with E-state index >= 15 is 0 Å². The molecule has 6 heteroatoms. The molecule has 0 aromatic carbocycles. The van der Waals surface area contributed by atoms with Crippen LogP contribution >= 0.6 is 0 Å². The molecule has 0 aromatic heterocycles. The number of carbonyl (C=O) groups is 2. The molecule has 4 nitrogen and oxygen atoms in total. The van der Waals surface area contributed by atoms with E-state index in [-0.39, 0.29) is 118 Å². The van der Waals surface area contributed by atoms with Crippen molar-refractivity contribution in [1.29, 1.82) is 0 Å². The molecule has 0 rings (SSSR count). The third-order valence-corrected chi connectivity index (χ3v) is 2.71. The summed E-state index contributed by atoms with van der Waals surface area (Å²) in [7, 11) is 0.